The van der Waals surface area contributed by atoms with Crippen molar-refractivity contribution in [3.63, 3.8) is 0 Å². The van der Waals surface area contributed by atoms with Crippen LogP contribution in [0.1, 0.15) is 12.7 Å². The molecule has 7 heteroatoms. The number of nitrogens with one attached hydrogen (secondary N) is 3. The summed E-state index contributed by atoms with van der Waals surface area (Å²) in [6, 6.07) is 0. The van der Waals surface area contributed by atoms with Gasteiger partial charge in [0.15, 0.2) is 5.65 Å². The Morgan fingerprint density at radius 3 is 2.75 bits per heavy atom. The minimum absolute atomic E-state index is 0.270. The lowest BCUT2D eigenvalue weighted by atomic mass is 10.1. The summed E-state index contributed by atoms with van der Waals surface area (Å²) >= 11 is 0. The Labute approximate surface area is 90.1 Å². The lowest BCUT2D eigenvalue weighted by molar-refractivity contribution is 0.578. The van der Waals surface area contributed by atoms with E-state index in [0.717, 1.165) is 0 Å². The van der Waals surface area contributed by atoms with Gasteiger partial charge in [-0.15, -0.1) is 0 Å². The van der Waals surface area contributed by atoms with Gasteiger partial charge in [0.2, 0.25) is 0 Å². The van der Waals surface area contributed by atoms with Crippen molar-refractivity contribution in [2.75, 3.05) is 6.54 Å². The fourth-order valence-electron chi connectivity index (χ4n) is 1.49. The SMILES string of the molecule is CC(CN)Cc1nc2[nH]c(=O)[nH]c(=O)c2[nH]1. The van der Waals surface area contributed by atoms with Crippen molar-refractivity contribution in [2.24, 2.45) is 11.7 Å². The van der Waals surface area contributed by atoms with E-state index in [1.165, 1.54) is 0 Å². The van der Waals surface area contributed by atoms with E-state index in [1.54, 1.807) is 0 Å². The Morgan fingerprint density at radius 1 is 1.31 bits per heavy atom. The van der Waals surface area contributed by atoms with E-state index in [9.17, 15) is 9.59 Å². The summed E-state index contributed by atoms with van der Waals surface area (Å²) in [5, 5.41) is 0. The van der Waals surface area contributed by atoms with Crippen LogP contribution in [0, 0.1) is 5.92 Å². The average molecular weight is 223 g/mol. The van der Waals surface area contributed by atoms with Gasteiger partial charge in [0, 0.05) is 6.42 Å². The van der Waals surface area contributed by atoms with E-state index in [1.807, 2.05) is 6.92 Å². The quantitative estimate of drug-likeness (QED) is 0.537. The topological polar surface area (TPSA) is 120 Å². The van der Waals surface area contributed by atoms with Crippen molar-refractivity contribution in [1.29, 1.82) is 0 Å². The molecule has 0 aliphatic heterocycles. The molecule has 5 N–H and O–H groups in total. The fraction of sp³-hybridized carbons (Fsp3) is 0.444. The second-order valence-corrected chi connectivity index (χ2v) is 3.86. The predicted octanol–water partition coefficient (Wildman–Crippen LogP) is -0.923. The molecule has 0 spiro atoms. The van der Waals surface area contributed by atoms with Crippen molar-refractivity contribution in [2.45, 2.75) is 13.3 Å². The maximum atomic E-state index is 11.4. The van der Waals surface area contributed by atoms with Crippen molar-refractivity contribution in [3.05, 3.63) is 26.7 Å². The Morgan fingerprint density at radius 2 is 2.06 bits per heavy atom. The third-order valence-corrected chi connectivity index (χ3v) is 2.38. The highest BCUT2D eigenvalue weighted by Crippen LogP contribution is 2.06. The maximum Gasteiger partial charge on any atom is 0.327 e. The van der Waals surface area contributed by atoms with Crippen molar-refractivity contribution in [3.8, 4) is 0 Å². The molecule has 0 radical (unpaired) electrons. The summed E-state index contributed by atoms with van der Waals surface area (Å²) in [4.78, 5) is 34.0. The number of fused-ring (bicyclic) bond motifs is 1. The van der Waals surface area contributed by atoms with Gasteiger partial charge in [-0.2, -0.15) is 0 Å². The molecule has 2 rings (SSSR count). The van der Waals surface area contributed by atoms with Crippen LogP contribution in [0.5, 0.6) is 0 Å². The number of nitrogens with zero attached hydrogens (tertiary/aromatic N) is 1. The number of nitrogens with two attached hydrogens (primary N) is 1. The molecule has 0 fully saturated rings. The van der Waals surface area contributed by atoms with E-state index in [0.29, 0.717) is 24.3 Å². The van der Waals surface area contributed by atoms with Crippen molar-refractivity contribution in [1.82, 2.24) is 19.9 Å². The second-order valence-electron chi connectivity index (χ2n) is 3.86. The molecule has 0 saturated heterocycles. The van der Waals surface area contributed by atoms with Gasteiger partial charge in [-0.3, -0.25) is 14.8 Å². The molecule has 0 amide bonds. The van der Waals surface area contributed by atoms with Crippen molar-refractivity contribution >= 4 is 11.2 Å². The number of imidazole rings is 1. The average Bonchev–Trinajstić information content (AvgIpc) is 2.60. The highest BCUT2D eigenvalue weighted by Gasteiger charge is 2.09. The molecule has 2 aromatic rings. The number of H-pyrrole nitrogens is 3. The maximum absolute atomic E-state index is 11.4. The molecule has 86 valence electrons. The first-order chi connectivity index (χ1) is 7.60. The van der Waals surface area contributed by atoms with Crippen LogP contribution in [-0.2, 0) is 6.42 Å². The Bertz CT molecular complexity index is 608. The number of aromatic nitrogens is 4. The van der Waals surface area contributed by atoms with E-state index in [2.05, 4.69) is 19.9 Å². The summed E-state index contributed by atoms with van der Waals surface area (Å²) in [6.45, 7) is 2.53. The van der Waals surface area contributed by atoms with Gasteiger partial charge >= 0.3 is 5.69 Å². The summed E-state index contributed by atoms with van der Waals surface area (Å²) in [7, 11) is 0. The van der Waals surface area contributed by atoms with E-state index in [4.69, 9.17) is 5.73 Å². The molecule has 2 aromatic heterocycles. The van der Waals surface area contributed by atoms with Crippen LogP contribution in [-0.4, -0.2) is 26.5 Å². The number of hydrogen-bond acceptors (Lipinski definition) is 4. The molecular weight excluding hydrogens is 210 g/mol. The Balaban J connectivity index is 2.48. The van der Waals surface area contributed by atoms with Crippen molar-refractivity contribution < 1.29 is 0 Å². The minimum Gasteiger partial charge on any atom is -0.336 e. The third-order valence-electron chi connectivity index (χ3n) is 2.38. The number of rotatable bonds is 3. The van der Waals surface area contributed by atoms with E-state index in [-0.39, 0.29) is 11.6 Å². The highest BCUT2D eigenvalue weighted by molar-refractivity contribution is 5.68. The lowest BCUT2D eigenvalue weighted by Gasteiger charge is -2.03. The van der Waals surface area contributed by atoms with E-state index >= 15 is 0 Å². The van der Waals surface area contributed by atoms with Gasteiger partial charge in [0.05, 0.1) is 0 Å². The Hall–Kier alpha value is -1.89. The van der Waals surface area contributed by atoms with Crippen LogP contribution >= 0.6 is 0 Å². The largest absolute Gasteiger partial charge is 0.336 e. The van der Waals surface area contributed by atoms with Crippen LogP contribution in [0.3, 0.4) is 0 Å². The first-order valence-corrected chi connectivity index (χ1v) is 5.01. The molecule has 1 unspecified atom stereocenters. The number of hydrogen-bond donors (Lipinski definition) is 4. The first-order valence-electron chi connectivity index (χ1n) is 5.01. The summed E-state index contributed by atoms with van der Waals surface area (Å²) < 4.78 is 0. The molecule has 0 bridgehead atoms. The van der Waals surface area contributed by atoms with Gasteiger partial charge < -0.3 is 10.7 Å². The molecule has 0 aliphatic rings. The molecular formula is C9H13N5O2. The molecule has 2 heterocycles. The van der Waals surface area contributed by atoms with Crippen LogP contribution in [0.25, 0.3) is 11.2 Å². The molecule has 16 heavy (non-hydrogen) atoms. The van der Waals surface area contributed by atoms with Gasteiger partial charge in [-0.05, 0) is 12.5 Å². The Kier molecular flexibility index (Phi) is 2.61. The summed E-state index contributed by atoms with van der Waals surface area (Å²) in [5.41, 5.74) is 5.06. The normalized spacial score (nSPS) is 13.1. The van der Waals surface area contributed by atoms with Crippen LogP contribution in [0.4, 0.5) is 0 Å². The molecule has 0 aromatic carbocycles. The van der Waals surface area contributed by atoms with Gasteiger partial charge in [0.1, 0.15) is 11.3 Å². The third kappa shape index (κ3) is 1.89. The minimum atomic E-state index is -0.553. The van der Waals surface area contributed by atoms with E-state index < -0.39 is 11.2 Å². The molecule has 0 saturated carbocycles. The van der Waals surface area contributed by atoms with Crippen LogP contribution in [0.2, 0.25) is 0 Å². The monoisotopic (exact) mass is 223 g/mol. The first kappa shape index (κ1) is 10.6. The molecule has 0 aliphatic carbocycles. The smallest absolute Gasteiger partial charge is 0.327 e. The zero-order valence-corrected chi connectivity index (χ0v) is 8.83. The predicted molar refractivity (Wildman–Crippen MR) is 59.3 cm³/mol. The fourth-order valence-corrected chi connectivity index (χ4v) is 1.49. The highest BCUT2D eigenvalue weighted by atomic mass is 16.2. The van der Waals surface area contributed by atoms with Gasteiger partial charge in [0.25, 0.3) is 5.56 Å². The zero-order valence-electron chi connectivity index (χ0n) is 8.83. The summed E-state index contributed by atoms with van der Waals surface area (Å²) in [5.74, 6) is 0.923. The standard InChI is InChI=1S/C9H13N5O2/c1-4(3-10)2-5-11-6-7(12-5)13-9(16)14-8(6)15/h4H,2-3,10H2,1H3,(H3,11,12,13,14,15,16). The van der Waals surface area contributed by atoms with Crippen LogP contribution in [0.15, 0.2) is 9.59 Å². The number of aromatic amines is 3. The van der Waals surface area contributed by atoms with Gasteiger partial charge in [-0.25, -0.2) is 9.78 Å². The van der Waals surface area contributed by atoms with Gasteiger partial charge in [-0.1, -0.05) is 6.92 Å². The molecule has 1 atom stereocenters. The summed E-state index contributed by atoms with van der Waals surface area (Å²) in [6.07, 6.45) is 0.645. The second kappa shape index (κ2) is 3.93. The molecule has 7 nitrogen and oxygen atoms in total. The zero-order chi connectivity index (χ0) is 11.7. The van der Waals surface area contributed by atoms with Crippen LogP contribution < -0.4 is 17.0 Å². The lowest BCUT2D eigenvalue weighted by Crippen LogP contribution is -2.21.